The third kappa shape index (κ3) is 5.90. The third-order valence-corrected chi connectivity index (χ3v) is 5.07. The number of nitro groups is 1. The van der Waals surface area contributed by atoms with Gasteiger partial charge in [-0.2, -0.15) is 0 Å². The molecule has 1 aromatic carbocycles. The van der Waals surface area contributed by atoms with Crippen LogP contribution in [0.25, 0.3) is 11.4 Å². The molecule has 0 aliphatic carbocycles. The summed E-state index contributed by atoms with van der Waals surface area (Å²) in [5, 5.41) is 13.9. The van der Waals surface area contributed by atoms with Crippen molar-refractivity contribution in [2.75, 3.05) is 11.4 Å². The summed E-state index contributed by atoms with van der Waals surface area (Å²) in [6, 6.07) is 8.38. The highest BCUT2D eigenvalue weighted by molar-refractivity contribution is 5.68. The van der Waals surface area contributed by atoms with Gasteiger partial charge in [-0.05, 0) is 59.6 Å². The average molecular weight is 428 g/mol. The molecule has 0 radical (unpaired) electrons. The lowest BCUT2D eigenvalue weighted by molar-refractivity contribution is -0.384. The number of hydrogen-bond acceptors (Lipinski definition) is 7. The molecule has 3 rings (SSSR count). The number of amides is 1. The Morgan fingerprint density at radius 2 is 1.94 bits per heavy atom. The van der Waals surface area contributed by atoms with E-state index in [-0.39, 0.29) is 17.8 Å². The van der Waals surface area contributed by atoms with E-state index in [4.69, 9.17) is 9.72 Å². The van der Waals surface area contributed by atoms with Crippen LogP contribution in [0.1, 0.15) is 46.2 Å². The quantitative estimate of drug-likeness (QED) is 0.574. The van der Waals surface area contributed by atoms with Crippen molar-refractivity contribution in [3.8, 4) is 11.4 Å². The Morgan fingerprint density at radius 1 is 1.26 bits per heavy atom. The van der Waals surface area contributed by atoms with E-state index in [0.717, 1.165) is 36.5 Å². The number of alkyl carbamates (subject to hydrolysis) is 1. The van der Waals surface area contributed by atoms with E-state index in [9.17, 15) is 14.9 Å². The van der Waals surface area contributed by atoms with Gasteiger partial charge in [-0.3, -0.25) is 10.1 Å². The molecule has 1 fully saturated rings. The maximum absolute atomic E-state index is 12.1. The summed E-state index contributed by atoms with van der Waals surface area (Å²) in [5.74, 6) is 1.34. The number of nitro benzene ring substituents is 1. The molecular weight excluding hydrogens is 398 g/mol. The lowest BCUT2D eigenvalue weighted by atomic mass is 9.98. The Kier molecular flexibility index (Phi) is 6.42. The third-order valence-electron chi connectivity index (χ3n) is 5.07. The molecule has 2 aromatic rings. The van der Waals surface area contributed by atoms with Crippen LogP contribution in [0.4, 0.5) is 16.3 Å². The van der Waals surface area contributed by atoms with Crippen molar-refractivity contribution in [1.29, 1.82) is 0 Å². The van der Waals surface area contributed by atoms with Crippen LogP contribution in [-0.2, 0) is 4.74 Å². The maximum Gasteiger partial charge on any atom is 0.407 e. The van der Waals surface area contributed by atoms with Gasteiger partial charge in [-0.1, -0.05) is 0 Å². The number of carbonyl (C=O) groups is 1. The molecule has 1 N–H and O–H groups in total. The van der Waals surface area contributed by atoms with Gasteiger partial charge < -0.3 is 15.0 Å². The fourth-order valence-corrected chi connectivity index (χ4v) is 3.68. The van der Waals surface area contributed by atoms with E-state index >= 15 is 0 Å². The lowest BCUT2D eigenvalue weighted by Crippen LogP contribution is -2.50. The van der Waals surface area contributed by atoms with Gasteiger partial charge in [0.2, 0.25) is 0 Å². The maximum atomic E-state index is 12.1. The molecule has 1 aliphatic heterocycles. The van der Waals surface area contributed by atoms with Crippen LogP contribution in [0, 0.1) is 17.0 Å². The number of aromatic nitrogens is 2. The minimum atomic E-state index is -0.525. The first-order valence-corrected chi connectivity index (χ1v) is 10.4. The van der Waals surface area contributed by atoms with Gasteiger partial charge in [-0.25, -0.2) is 14.8 Å². The molecule has 0 saturated carbocycles. The highest BCUT2D eigenvalue weighted by atomic mass is 16.6. The zero-order chi connectivity index (χ0) is 22.8. The van der Waals surface area contributed by atoms with Gasteiger partial charge in [0.15, 0.2) is 5.82 Å². The average Bonchev–Trinajstić information content (AvgIpc) is 2.66. The van der Waals surface area contributed by atoms with Crippen molar-refractivity contribution in [2.24, 2.45) is 0 Å². The summed E-state index contributed by atoms with van der Waals surface area (Å²) in [7, 11) is 0. The first kappa shape index (κ1) is 22.5. The van der Waals surface area contributed by atoms with Gasteiger partial charge in [-0.15, -0.1) is 0 Å². The van der Waals surface area contributed by atoms with Gasteiger partial charge in [0, 0.05) is 48.1 Å². The van der Waals surface area contributed by atoms with E-state index < -0.39 is 16.6 Å². The molecule has 1 aliphatic rings. The van der Waals surface area contributed by atoms with Gasteiger partial charge in [0.1, 0.15) is 11.4 Å². The fourth-order valence-electron chi connectivity index (χ4n) is 3.68. The number of aryl methyl sites for hydroxylation is 1. The smallest absolute Gasteiger partial charge is 0.407 e. The predicted octanol–water partition coefficient (Wildman–Crippen LogP) is 4.24. The van der Waals surface area contributed by atoms with Crippen LogP contribution in [0.15, 0.2) is 30.3 Å². The number of piperidine rings is 1. The van der Waals surface area contributed by atoms with Crippen molar-refractivity contribution in [3.63, 3.8) is 0 Å². The van der Waals surface area contributed by atoms with E-state index in [0.29, 0.717) is 5.82 Å². The van der Waals surface area contributed by atoms with Crippen molar-refractivity contribution in [1.82, 2.24) is 15.3 Å². The summed E-state index contributed by atoms with van der Waals surface area (Å²) >= 11 is 0. The number of nitrogens with zero attached hydrogens (tertiary/aromatic N) is 4. The molecule has 2 heterocycles. The van der Waals surface area contributed by atoms with E-state index in [1.165, 1.54) is 12.1 Å². The Bertz CT molecular complexity index is 955. The standard InChI is InChI=1S/C22H29N5O4/c1-14-12-19(25-20(23-14)16-6-8-18(9-7-16)27(29)30)26-11-10-17(13-15(26)2)24-21(28)31-22(3,4)5/h6-9,12,15,17H,10-11,13H2,1-5H3,(H,24,28). The van der Waals surface area contributed by atoms with Gasteiger partial charge in [0.25, 0.3) is 5.69 Å². The topological polar surface area (TPSA) is 110 Å². The molecule has 2 unspecified atom stereocenters. The molecule has 9 nitrogen and oxygen atoms in total. The number of ether oxygens (including phenoxy) is 1. The van der Waals surface area contributed by atoms with Crippen LogP contribution in [0.5, 0.6) is 0 Å². The molecule has 31 heavy (non-hydrogen) atoms. The number of hydrogen-bond donors (Lipinski definition) is 1. The Hall–Kier alpha value is -3.23. The number of non-ortho nitro benzene ring substituents is 1. The lowest BCUT2D eigenvalue weighted by Gasteiger charge is -2.39. The molecule has 166 valence electrons. The van der Waals surface area contributed by atoms with Crippen molar-refractivity contribution < 1.29 is 14.5 Å². The molecule has 1 amide bonds. The summed E-state index contributed by atoms with van der Waals surface area (Å²) in [6.07, 6.45) is 1.16. The SMILES string of the molecule is Cc1cc(N2CCC(NC(=O)OC(C)(C)C)CC2C)nc(-c2ccc([N+](=O)[O-])cc2)n1. The summed E-state index contributed by atoms with van der Waals surface area (Å²) < 4.78 is 5.36. The second-order valence-corrected chi connectivity index (χ2v) is 8.91. The zero-order valence-corrected chi connectivity index (χ0v) is 18.6. The first-order valence-electron chi connectivity index (χ1n) is 10.4. The van der Waals surface area contributed by atoms with Crippen LogP contribution < -0.4 is 10.2 Å². The van der Waals surface area contributed by atoms with E-state index in [1.807, 2.05) is 33.8 Å². The van der Waals surface area contributed by atoms with Crippen LogP contribution in [0.3, 0.4) is 0 Å². The zero-order valence-electron chi connectivity index (χ0n) is 18.6. The number of nitrogens with one attached hydrogen (secondary N) is 1. The first-order chi connectivity index (χ1) is 14.5. The minimum absolute atomic E-state index is 0.0322. The molecule has 1 aromatic heterocycles. The monoisotopic (exact) mass is 427 g/mol. The Labute approximate surface area is 182 Å². The summed E-state index contributed by atoms with van der Waals surface area (Å²) in [4.78, 5) is 34.0. The van der Waals surface area contributed by atoms with Crippen molar-refractivity contribution in [2.45, 2.75) is 65.1 Å². The molecule has 2 atom stereocenters. The molecular formula is C22H29N5O4. The van der Waals surface area contributed by atoms with Crippen molar-refractivity contribution >= 4 is 17.6 Å². The normalized spacial score (nSPS) is 19.1. The van der Waals surface area contributed by atoms with Gasteiger partial charge in [0.05, 0.1) is 4.92 Å². The van der Waals surface area contributed by atoms with Crippen LogP contribution >= 0.6 is 0 Å². The Balaban J connectivity index is 1.72. The Morgan fingerprint density at radius 3 is 2.52 bits per heavy atom. The highest BCUT2D eigenvalue weighted by Gasteiger charge is 2.29. The molecule has 9 heteroatoms. The predicted molar refractivity (Wildman–Crippen MR) is 118 cm³/mol. The number of benzene rings is 1. The van der Waals surface area contributed by atoms with E-state index in [2.05, 4.69) is 22.1 Å². The van der Waals surface area contributed by atoms with Crippen LogP contribution in [-0.4, -0.2) is 45.2 Å². The molecule has 0 spiro atoms. The molecule has 1 saturated heterocycles. The van der Waals surface area contributed by atoms with Crippen molar-refractivity contribution in [3.05, 3.63) is 46.1 Å². The fraction of sp³-hybridized carbons (Fsp3) is 0.500. The number of rotatable bonds is 4. The second kappa shape index (κ2) is 8.87. The largest absolute Gasteiger partial charge is 0.444 e. The van der Waals surface area contributed by atoms with Crippen LogP contribution in [0.2, 0.25) is 0 Å². The number of carbonyl (C=O) groups excluding carboxylic acids is 1. The number of anilines is 1. The minimum Gasteiger partial charge on any atom is -0.444 e. The summed E-state index contributed by atoms with van der Waals surface area (Å²) in [5.41, 5.74) is 1.05. The van der Waals surface area contributed by atoms with Gasteiger partial charge >= 0.3 is 6.09 Å². The summed E-state index contributed by atoms with van der Waals surface area (Å²) in [6.45, 7) is 10.3. The molecule has 0 bridgehead atoms. The second-order valence-electron chi connectivity index (χ2n) is 8.91. The van der Waals surface area contributed by atoms with E-state index in [1.54, 1.807) is 12.1 Å². The highest BCUT2D eigenvalue weighted by Crippen LogP contribution is 2.27.